The number of rotatable bonds is 5. The van der Waals surface area contributed by atoms with Crippen LogP contribution in [-0.4, -0.2) is 14.1 Å². The predicted octanol–water partition coefficient (Wildman–Crippen LogP) is 4.16. The van der Waals surface area contributed by atoms with Crippen LogP contribution >= 0.6 is 23.2 Å². The summed E-state index contributed by atoms with van der Waals surface area (Å²) in [6.45, 7) is 0.527. The SMILES string of the molecule is O=c1c2ncccc2n(Cc2ccc(Cl)c(Cl)c2)c(=O)n1CCc1ccccc1. The van der Waals surface area contributed by atoms with Gasteiger partial charge in [0, 0.05) is 12.7 Å². The van der Waals surface area contributed by atoms with Gasteiger partial charge in [0.05, 0.1) is 22.1 Å². The van der Waals surface area contributed by atoms with Crippen LogP contribution in [0.1, 0.15) is 11.1 Å². The van der Waals surface area contributed by atoms with Crippen molar-refractivity contribution in [3.8, 4) is 0 Å². The van der Waals surface area contributed by atoms with Crippen LogP contribution in [0.15, 0.2) is 76.4 Å². The highest BCUT2D eigenvalue weighted by atomic mass is 35.5. The molecule has 0 atom stereocenters. The van der Waals surface area contributed by atoms with Gasteiger partial charge in [-0.05, 0) is 41.8 Å². The molecule has 0 unspecified atom stereocenters. The first-order chi connectivity index (χ1) is 14.0. The summed E-state index contributed by atoms with van der Waals surface area (Å²) in [6.07, 6.45) is 2.13. The molecule has 2 heterocycles. The predicted molar refractivity (Wildman–Crippen MR) is 116 cm³/mol. The first-order valence-corrected chi connectivity index (χ1v) is 9.86. The standard InChI is InChI=1S/C22H17Cl2N3O2/c23-17-9-8-16(13-18(17)24)14-27-19-7-4-11-25-20(19)21(28)26(22(27)29)12-10-15-5-2-1-3-6-15/h1-9,11,13H,10,12,14H2. The third-order valence-corrected chi connectivity index (χ3v) is 5.52. The Balaban J connectivity index is 1.81. The maximum absolute atomic E-state index is 13.2. The lowest BCUT2D eigenvalue weighted by Gasteiger charge is -2.14. The van der Waals surface area contributed by atoms with Crippen molar-refractivity contribution in [2.45, 2.75) is 19.5 Å². The molecule has 4 rings (SSSR count). The fourth-order valence-electron chi connectivity index (χ4n) is 3.30. The number of aromatic nitrogens is 3. The van der Waals surface area contributed by atoms with E-state index in [9.17, 15) is 9.59 Å². The molecular weight excluding hydrogens is 409 g/mol. The molecule has 2 aromatic carbocycles. The van der Waals surface area contributed by atoms with Crippen molar-refractivity contribution in [2.24, 2.45) is 0 Å². The first-order valence-electron chi connectivity index (χ1n) is 9.11. The second-order valence-corrected chi connectivity index (χ2v) is 7.50. The Labute approximate surface area is 176 Å². The minimum absolute atomic E-state index is 0.254. The van der Waals surface area contributed by atoms with Gasteiger partial charge < -0.3 is 0 Å². The van der Waals surface area contributed by atoms with Crippen LogP contribution in [-0.2, 0) is 19.5 Å². The Bertz CT molecular complexity index is 1300. The molecule has 0 fully saturated rings. The maximum atomic E-state index is 13.2. The van der Waals surface area contributed by atoms with Gasteiger partial charge in [-0.25, -0.2) is 9.78 Å². The van der Waals surface area contributed by atoms with Crippen LogP contribution in [0.25, 0.3) is 11.0 Å². The molecular formula is C22H17Cl2N3O2. The third kappa shape index (κ3) is 3.97. The summed E-state index contributed by atoms with van der Waals surface area (Å²) in [6, 6.07) is 18.4. The summed E-state index contributed by atoms with van der Waals surface area (Å²) in [5, 5.41) is 0.860. The molecule has 0 saturated carbocycles. The Morgan fingerprint density at radius 3 is 2.38 bits per heavy atom. The van der Waals surface area contributed by atoms with Gasteiger partial charge in [-0.3, -0.25) is 13.9 Å². The van der Waals surface area contributed by atoms with Crippen molar-refractivity contribution in [1.82, 2.24) is 14.1 Å². The molecule has 0 saturated heterocycles. The Morgan fingerprint density at radius 2 is 1.62 bits per heavy atom. The second kappa shape index (κ2) is 8.23. The van der Waals surface area contributed by atoms with Gasteiger partial charge in [-0.15, -0.1) is 0 Å². The van der Waals surface area contributed by atoms with E-state index in [-0.39, 0.29) is 29.9 Å². The van der Waals surface area contributed by atoms with Crippen molar-refractivity contribution < 1.29 is 0 Å². The van der Waals surface area contributed by atoms with Crippen molar-refractivity contribution in [3.63, 3.8) is 0 Å². The zero-order chi connectivity index (χ0) is 20.4. The van der Waals surface area contributed by atoms with Gasteiger partial charge in [0.2, 0.25) is 0 Å². The summed E-state index contributed by atoms with van der Waals surface area (Å²) in [4.78, 5) is 30.4. The van der Waals surface area contributed by atoms with Crippen molar-refractivity contribution in [1.29, 1.82) is 0 Å². The number of benzene rings is 2. The number of hydrogen-bond donors (Lipinski definition) is 0. The van der Waals surface area contributed by atoms with E-state index in [1.54, 1.807) is 35.0 Å². The lowest BCUT2D eigenvalue weighted by Crippen LogP contribution is -2.41. The third-order valence-electron chi connectivity index (χ3n) is 4.78. The molecule has 0 spiro atoms. The highest BCUT2D eigenvalue weighted by molar-refractivity contribution is 6.42. The average molecular weight is 426 g/mol. The summed E-state index contributed by atoms with van der Waals surface area (Å²) in [5.41, 5.74) is 1.85. The van der Waals surface area contributed by atoms with E-state index >= 15 is 0 Å². The van der Waals surface area contributed by atoms with Crippen molar-refractivity contribution >= 4 is 34.2 Å². The maximum Gasteiger partial charge on any atom is 0.331 e. The molecule has 0 aliphatic heterocycles. The van der Waals surface area contributed by atoms with Crippen LogP contribution in [0.2, 0.25) is 10.0 Å². The molecule has 0 N–H and O–H groups in total. The van der Waals surface area contributed by atoms with Crippen LogP contribution in [0.5, 0.6) is 0 Å². The largest absolute Gasteiger partial charge is 0.331 e. The Morgan fingerprint density at radius 1 is 0.828 bits per heavy atom. The van der Waals surface area contributed by atoms with E-state index in [0.29, 0.717) is 22.0 Å². The highest BCUT2D eigenvalue weighted by Crippen LogP contribution is 2.23. The van der Waals surface area contributed by atoms with E-state index < -0.39 is 0 Å². The number of nitrogens with zero attached hydrogens (tertiary/aromatic N) is 3. The molecule has 0 amide bonds. The van der Waals surface area contributed by atoms with Gasteiger partial charge in [0.15, 0.2) is 5.52 Å². The average Bonchev–Trinajstić information content (AvgIpc) is 2.74. The van der Waals surface area contributed by atoms with Crippen LogP contribution in [0.3, 0.4) is 0 Å². The topological polar surface area (TPSA) is 56.9 Å². The van der Waals surface area contributed by atoms with Crippen molar-refractivity contribution in [2.75, 3.05) is 0 Å². The molecule has 0 radical (unpaired) electrons. The van der Waals surface area contributed by atoms with E-state index in [4.69, 9.17) is 23.2 Å². The number of pyridine rings is 1. The summed E-state index contributed by atoms with van der Waals surface area (Å²) < 4.78 is 2.80. The number of hydrogen-bond acceptors (Lipinski definition) is 3. The van der Waals surface area contributed by atoms with Crippen LogP contribution < -0.4 is 11.2 Å². The van der Waals surface area contributed by atoms with Crippen LogP contribution in [0.4, 0.5) is 0 Å². The summed E-state index contributed by atoms with van der Waals surface area (Å²) in [7, 11) is 0. The van der Waals surface area contributed by atoms with Crippen molar-refractivity contribution in [3.05, 3.63) is 109 Å². The van der Waals surface area contributed by atoms with Gasteiger partial charge >= 0.3 is 5.69 Å². The fourth-order valence-corrected chi connectivity index (χ4v) is 3.62. The zero-order valence-corrected chi connectivity index (χ0v) is 16.9. The lowest BCUT2D eigenvalue weighted by atomic mass is 10.1. The monoisotopic (exact) mass is 425 g/mol. The normalized spacial score (nSPS) is 11.1. The quantitative estimate of drug-likeness (QED) is 0.482. The fraction of sp³-hybridized carbons (Fsp3) is 0.136. The van der Waals surface area contributed by atoms with E-state index in [1.807, 2.05) is 36.4 Å². The second-order valence-electron chi connectivity index (χ2n) is 6.68. The molecule has 146 valence electrons. The summed E-state index contributed by atoms with van der Waals surface area (Å²) in [5.74, 6) is 0. The summed E-state index contributed by atoms with van der Waals surface area (Å²) >= 11 is 12.1. The van der Waals surface area contributed by atoms with E-state index in [1.165, 1.54) is 4.57 Å². The minimum Gasteiger partial charge on any atom is -0.287 e. The number of aryl methyl sites for hydroxylation is 1. The van der Waals surface area contributed by atoms with Gasteiger partial charge in [-0.2, -0.15) is 0 Å². The lowest BCUT2D eigenvalue weighted by molar-refractivity contribution is 0.588. The first kappa shape index (κ1) is 19.4. The minimum atomic E-state index is -0.382. The van der Waals surface area contributed by atoms with E-state index in [0.717, 1.165) is 11.1 Å². The van der Waals surface area contributed by atoms with E-state index in [2.05, 4.69) is 4.98 Å². The molecule has 2 aromatic heterocycles. The van der Waals surface area contributed by atoms with Gasteiger partial charge in [0.1, 0.15) is 0 Å². The molecule has 5 nitrogen and oxygen atoms in total. The molecule has 0 bridgehead atoms. The Kier molecular flexibility index (Phi) is 5.51. The Hall–Kier alpha value is -2.89. The smallest absolute Gasteiger partial charge is 0.287 e. The molecule has 0 aliphatic carbocycles. The zero-order valence-electron chi connectivity index (χ0n) is 15.4. The molecule has 4 aromatic rings. The van der Waals surface area contributed by atoms with Crippen LogP contribution in [0, 0.1) is 0 Å². The molecule has 29 heavy (non-hydrogen) atoms. The van der Waals surface area contributed by atoms with Gasteiger partial charge in [0.25, 0.3) is 5.56 Å². The molecule has 0 aliphatic rings. The number of halogens is 2. The molecule has 7 heteroatoms. The number of fused-ring (bicyclic) bond motifs is 1. The van der Waals surface area contributed by atoms with Gasteiger partial charge in [-0.1, -0.05) is 59.6 Å². The highest BCUT2D eigenvalue weighted by Gasteiger charge is 2.14.